The molecule has 4 nitrogen and oxygen atoms in total. The second-order valence-electron chi connectivity index (χ2n) is 3.09. The first-order chi connectivity index (χ1) is 7.00. The number of aromatic carboxylic acids is 1. The van der Waals surface area contributed by atoms with E-state index in [1.54, 1.807) is 6.07 Å². The summed E-state index contributed by atoms with van der Waals surface area (Å²) < 4.78 is 0. The van der Waals surface area contributed by atoms with Crippen molar-refractivity contribution in [2.45, 2.75) is 6.92 Å². The first kappa shape index (κ1) is 10.2. The van der Waals surface area contributed by atoms with Crippen LogP contribution in [0.5, 0.6) is 0 Å². The molecule has 0 aliphatic rings. The third-order valence-corrected chi connectivity index (χ3v) is 3.34. The van der Waals surface area contributed by atoms with Crippen LogP contribution >= 0.6 is 22.9 Å². The summed E-state index contributed by atoms with van der Waals surface area (Å²) in [5.41, 5.74) is 6.84. The number of carboxylic acid groups (broad SMARTS) is 1. The van der Waals surface area contributed by atoms with Gasteiger partial charge in [-0.2, -0.15) is 0 Å². The van der Waals surface area contributed by atoms with E-state index in [1.807, 2.05) is 6.92 Å². The normalized spacial score (nSPS) is 10.8. The van der Waals surface area contributed by atoms with Gasteiger partial charge in [0.1, 0.15) is 14.9 Å². The number of pyridine rings is 1. The van der Waals surface area contributed by atoms with E-state index in [9.17, 15) is 4.79 Å². The van der Waals surface area contributed by atoms with E-state index in [-0.39, 0.29) is 10.6 Å². The SMILES string of the molecule is Cc1cc(Cl)nc2sc(C(=O)O)c(N)c12. The molecule has 0 saturated heterocycles. The zero-order chi connectivity index (χ0) is 11.2. The Morgan fingerprint density at radius 3 is 2.93 bits per heavy atom. The first-order valence-electron chi connectivity index (χ1n) is 4.09. The fourth-order valence-corrected chi connectivity index (χ4v) is 2.74. The van der Waals surface area contributed by atoms with Crippen LogP contribution in [0, 0.1) is 6.92 Å². The summed E-state index contributed by atoms with van der Waals surface area (Å²) in [5, 5.41) is 9.92. The van der Waals surface area contributed by atoms with E-state index >= 15 is 0 Å². The van der Waals surface area contributed by atoms with Gasteiger partial charge in [-0.15, -0.1) is 11.3 Å². The highest BCUT2D eigenvalue weighted by atomic mass is 35.5. The van der Waals surface area contributed by atoms with Gasteiger partial charge in [0.25, 0.3) is 0 Å². The molecule has 0 atom stereocenters. The number of nitrogen functional groups attached to an aromatic ring is 1. The van der Waals surface area contributed by atoms with Crippen LogP contribution in [0.25, 0.3) is 10.2 Å². The molecule has 15 heavy (non-hydrogen) atoms. The van der Waals surface area contributed by atoms with E-state index in [2.05, 4.69) is 4.98 Å². The largest absolute Gasteiger partial charge is 0.477 e. The minimum atomic E-state index is -1.04. The Balaban J connectivity index is 2.88. The van der Waals surface area contributed by atoms with E-state index in [1.165, 1.54) is 0 Å². The molecule has 0 aromatic carbocycles. The highest BCUT2D eigenvalue weighted by molar-refractivity contribution is 7.21. The zero-order valence-corrected chi connectivity index (χ0v) is 9.32. The highest BCUT2D eigenvalue weighted by Crippen LogP contribution is 2.35. The number of thiophene rings is 1. The maximum Gasteiger partial charge on any atom is 0.348 e. The smallest absolute Gasteiger partial charge is 0.348 e. The summed E-state index contributed by atoms with van der Waals surface area (Å²) in [7, 11) is 0. The van der Waals surface area contributed by atoms with Gasteiger partial charge in [-0.3, -0.25) is 0 Å². The monoisotopic (exact) mass is 242 g/mol. The lowest BCUT2D eigenvalue weighted by molar-refractivity contribution is 0.0703. The molecule has 0 aliphatic carbocycles. The first-order valence-corrected chi connectivity index (χ1v) is 5.28. The summed E-state index contributed by atoms with van der Waals surface area (Å²) in [6.45, 7) is 1.82. The van der Waals surface area contributed by atoms with E-state index < -0.39 is 5.97 Å². The van der Waals surface area contributed by atoms with Crippen molar-refractivity contribution in [1.82, 2.24) is 4.98 Å². The molecule has 0 spiro atoms. The predicted molar refractivity (Wildman–Crippen MR) is 60.7 cm³/mol. The molecule has 6 heteroatoms. The van der Waals surface area contributed by atoms with Crippen molar-refractivity contribution < 1.29 is 9.90 Å². The average molecular weight is 243 g/mol. The summed E-state index contributed by atoms with van der Waals surface area (Å²) >= 11 is 6.81. The molecule has 2 aromatic heterocycles. The van der Waals surface area contributed by atoms with Gasteiger partial charge in [0.2, 0.25) is 0 Å². The van der Waals surface area contributed by atoms with Crippen LogP contribution in [0.15, 0.2) is 6.07 Å². The van der Waals surface area contributed by atoms with Gasteiger partial charge in [0, 0.05) is 5.39 Å². The average Bonchev–Trinajstić information content (AvgIpc) is 2.42. The lowest BCUT2D eigenvalue weighted by Crippen LogP contribution is -1.97. The second kappa shape index (κ2) is 3.36. The number of fused-ring (bicyclic) bond motifs is 1. The van der Waals surface area contributed by atoms with Gasteiger partial charge in [-0.05, 0) is 18.6 Å². The van der Waals surface area contributed by atoms with Gasteiger partial charge in [-0.25, -0.2) is 9.78 Å². The van der Waals surface area contributed by atoms with Crippen LogP contribution in [-0.2, 0) is 0 Å². The fraction of sp³-hybridized carbons (Fsp3) is 0.111. The Kier molecular flexibility index (Phi) is 2.28. The van der Waals surface area contributed by atoms with Crippen LogP contribution < -0.4 is 5.73 Å². The minimum Gasteiger partial charge on any atom is -0.477 e. The van der Waals surface area contributed by atoms with Crippen molar-refractivity contribution in [3.8, 4) is 0 Å². The number of carboxylic acids is 1. The topological polar surface area (TPSA) is 76.2 Å². The fourth-order valence-electron chi connectivity index (χ4n) is 1.43. The van der Waals surface area contributed by atoms with Gasteiger partial charge >= 0.3 is 5.97 Å². The molecular weight excluding hydrogens is 236 g/mol. The third-order valence-electron chi connectivity index (χ3n) is 2.06. The molecule has 2 aromatic rings. The van der Waals surface area contributed by atoms with Crippen molar-refractivity contribution in [1.29, 1.82) is 0 Å². The van der Waals surface area contributed by atoms with Crippen molar-refractivity contribution in [3.05, 3.63) is 21.7 Å². The molecule has 0 bridgehead atoms. The number of nitrogens with two attached hydrogens (primary N) is 1. The lowest BCUT2D eigenvalue weighted by Gasteiger charge is -1.97. The van der Waals surface area contributed by atoms with Crippen LogP contribution in [0.3, 0.4) is 0 Å². The predicted octanol–water partition coefficient (Wildman–Crippen LogP) is 2.54. The van der Waals surface area contributed by atoms with Crippen molar-refractivity contribution in [2.75, 3.05) is 5.73 Å². The maximum absolute atomic E-state index is 10.9. The number of aryl methyl sites for hydroxylation is 1. The summed E-state index contributed by atoms with van der Waals surface area (Å²) in [4.78, 5) is 15.6. The number of aromatic nitrogens is 1. The number of anilines is 1. The third kappa shape index (κ3) is 1.53. The summed E-state index contributed by atoms with van der Waals surface area (Å²) in [6.07, 6.45) is 0. The van der Waals surface area contributed by atoms with E-state index in [4.69, 9.17) is 22.4 Å². The summed E-state index contributed by atoms with van der Waals surface area (Å²) in [6, 6.07) is 1.67. The van der Waals surface area contributed by atoms with Crippen LogP contribution in [0.1, 0.15) is 15.2 Å². The number of hydrogen-bond acceptors (Lipinski definition) is 4. The minimum absolute atomic E-state index is 0.114. The number of nitrogens with zero attached hydrogens (tertiary/aromatic N) is 1. The molecule has 2 heterocycles. The highest BCUT2D eigenvalue weighted by Gasteiger charge is 2.17. The van der Waals surface area contributed by atoms with Crippen molar-refractivity contribution >= 4 is 44.8 Å². The Morgan fingerprint density at radius 2 is 2.33 bits per heavy atom. The quantitative estimate of drug-likeness (QED) is 0.754. The molecule has 3 N–H and O–H groups in total. The summed E-state index contributed by atoms with van der Waals surface area (Å²) in [5.74, 6) is -1.04. The van der Waals surface area contributed by atoms with Gasteiger partial charge < -0.3 is 10.8 Å². The van der Waals surface area contributed by atoms with E-state index in [0.717, 1.165) is 16.9 Å². The Hall–Kier alpha value is -1.33. The Bertz CT molecular complexity index is 565. The van der Waals surface area contributed by atoms with Gasteiger partial charge in [-0.1, -0.05) is 11.6 Å². The standard InChI is InChI=1S/C9H7ClN2O2S/c1-3-2-4(10)12-8-5(3)6(11)7(15-8)9(13)14/h2H,11H2,1H3,(H,13,14). The Labute approximate surface area is 94.3 Å². The van der Waals surface area contributed by atoms with E-state index in [0.29, 0.717) is 15.4 Å². The molecule has 0 amide bonds. The van der Waals surface area contributed by atoms with Crippen molar-refractivity contribution in [3.63, 3.8) is 0 Å². The van der Waals surface area contributed by atoms with Gasteiger partial charge in [0.05, 0.1) is 5.69 Å². The molecule has 0 saturated carbocycles. The molecule has 0 fully saturated rings. The second-order valence-corrected chi connectivity index (χ2v) is 4.48. The van der Waals surface area contributed by atoms with Crippen LogP contribution in [-0.4, -0.2) is 16.1 Å². The molecule has 78 valence electrons. The zero-order valence-electron chi connectivity index (χ0n) is 7.74. The molecule has 0 unspecified atom stereocenters. The van der Waals surface area contributed by atoms with Crippen molar-refractivity contribution in [2.24, 2.45) is 0 Å². The number of carbonyl (C=O) groups is 1. The molecule has 2 rings (SSSR count). The molecule has 0 radical (unpaired) electrons. The van der Waals surface area contributed by atoms with Crippen LogP contribution in [0.2, 0.25) is 5.15 Å². The maximum atomic E-state index is 10.9. The molecular formula is C9H7ClN2O2S. The molecule has 0 aliphatic heterocycles. The number of hydrogen-bond donors (Lipinski definition) is 2. The Morgan fingerprint density at radius 1 is 1.67 bits per heavy atom. The van der Waals surface area contributed by atoms with Crippen LogP contribution in [0.4, 0.5) is 5.69 Å². The number of rotatable bonds is 1. The van der Waals surface area contributed by atoms with Gasteiger partial charge in [0.15, 0.2) is 0 Å². The lowest BCUT2D eigenvalue weighted by atomic mass is 10.2. The number of halogens is 1.